The van der Waals surface area contributed by atoms with Gasteiger partial charge in [-0.3, -0.25) is 13.9 Å². The third kappa shape index (κ3) is 7.91. The van der Waals surface area contributed by atoms with Gasteiger partial charge in [-0.05, 0) is 73.4 Å². The van der Waals surface area contributed by atoms with Crippen LogP contribution in [0, 0.1) is 12.8 Å². The number of anilines is 1. The number of aryl methyl sites for hydroxylation is 1. The van der Waals surface area contributed by atoms with Gasteiger partial charge >= 0.3 is 0 Å². The summed E-state index contributed by atoms with van der Waals surface area (Å²) in [7, 11) is -4.17. The molecule has 0 aliphatic carbocycles. The first-order valence-electron chi connectivity index (χ1n) is 12.7. The summed E-state index contributed by atoms with van der Waals surface area (Å²) in [6.45, 7) is 7.13. The fraction of sp³-hybridized carbons (Fsp3) is 0.310. The smallest absolute Gasteiger partial charge is 0.264 e. The second-order valence-electron chi connectivity index (χ2n) is 9.84. The normalized spacial score (nSPS) is 12.2. The van der Waals surface area contributed by atoms with E-state index in [1.807, 2.05) is 13.8 Å². The number of nitrogens with zero attached hydrogens (tertiary/aromatic N) is 2. The Hall–Kier alpha value is -2.78. The zero-order valence-corrected chi connectivity index (χ0v) is 25.8. The van der Waals surface area contributed by atoms with Gasteiger partial charge in [0.2, 0.25) is 11.8 Å². The van der Waals surface area contributed by atoms with Crippen LogP contribution in [0.15, 0.2) is 71.6 Å². The van der Waals surface area contributed by atoms with Gasteiger partial charge in [-0.25, -0.2) is 8.42 Å². The molecule has 0 unspecified atom stereocenters. The Kier molecular flexibility index (Phi) is 10.9. The predicted octanol–water partition coefficient (Wildman–Crippen LogP) is 6.34. The van der Waals surface area contributed by atoms with Crippen LogP contribution in [-0.2, 0) is 26.2 Å². The highest BCUT2D eigenvalue weighted by Crippen LogP contribution is 2.30. The molecule has 3 aromatic rings. The van der Waals surface area contributed by atoms with Crippen molar-refractivity contribution in [2.24, 2.45) is 5.92 Å². The van der Waals surface area contributed by atoms with Gasteiger partial charge < -0.3 is 10.2 Å². The Balaban J connectivity index is 2.05. The van der Waals surface area contributed by atoms with Crippen LogP contribution < -0.4 is 9.62 Å². The summed E-state index contributed by atoms with van der Waals surface area (Å²) in [6, 6.07) is 16.6. The van der Waals surface area contributed by atoms with E-state index >= 15 is 0 Å². The summed E-state index contributed by atoms with van der Waals surface area (Å²) >= 11 is 18.4. The molecular formula is C29H32Cl3N3O4S. The minimum absolute atomic E-state index is 0.00477. The molecule has 0 bridgehead atoms. The summed E-state index contributed by atoms with van der Waals surface area (Å²) in [4.78, 5) is 28.4. The lowest BCUT2D eigenvalue weighted by molar-refractivity contribution is -0.139. The van der Waals surface area contributed by atoms with E-state index in [2.05, 4.69) is 5.32 Å². The zero-order chi connectivity index (χ0) is 29.6. The molecule has 1 N–H and O–H groups in total. The molecule has 0 saturated heterocycles. The topological polar surface area (TPSA) is 86.8 Å². The van der Waals surface area contributed by atoms with Crippen LogP contribution in [-0.4, -0.2) is 44.3 Å². The highest BCUT2D eigenvalue weighted by Gasteiger charge is 2.33. The molecule has 3 rings (SSSR count). The SMILES string of the molecule is Cc1cc(Cl)ccc1N(CC(=O)N(Cc1ccc(Cl)c(Cl)c1)[C@H](C)C(=O)NCC(C)C)S(=O)(=O)c1ccccc1. The van der Waals surface area contributed by atoms with E-state index in [4.69, 9.17) is 34.8 Å². The number of carbonyl (C=O) groups excluding carboxylic acids is 2. The van der Waals surface area contributed by atoms with Gasteiger partial charge in [0.05, 0.1) is 20.6 Å². The van der Waals surface area contributed by atoms with E-state index in [-0.39, 0.29) is 23.3 Å². The van der Waals surface area contributed by atoms with Gasteiger partial charge in [0.25, 0.3) is 10.0 Å². The number of hydrogen-bond acceptors (Lipinski definition) is 4. The standard InChI is InChI=1S/C29H32Cl3N3O4S/c1-19(2)16-33-29(37)21(4)34(17-22-10-12-25(31)26(32)15-22)28(36)18-35(27-13-11-23(30)14-20(27)3)40(38,39)24-8-6-5-7-9-24/h5-15,19,21H,16-18H2,1-4H3,(H,33,37)/t21-/m1/s1. The van der Waals surface area contributed by atoms with Crippen molar-refractivity contribution in [3.05, 3.63) is 92.9 Å². The first-order chi connectivity index (χ1) is 18.8. The van der Waals surface area contributed by atoms with E-state index in [0.717, 1.165) is 4.31 Å². The molecular weight excluding hydrogens is 593 g/mol. The second-order valence-corrected chi connectivity index (χ2v) is 13.0. The molecule has 0 radical (unpaired) electrons. The summed E-state index contributed by atoms with van der Waals surface area (Å²) < 4.78 is 28.8. The van der Waals surface area contributed by atoms with Crippen molar-refractivity contribution in [1.82, 2.24) is 10.2 Å². The highest BCUT2D eigenvalue weighted by molar-refractivity contribution is 7.92. The summed E-state index contributed by atoms with van der Waals surface area (Å²) in [5.74, 6) is -0.732. The lowest BCUT2D eigenvalue weighted by Gasteiger charge is -2.32. The van der Waals surface area contributed by atoms with Crippen LogP contribution in [0.5, 0.6) is 0 Å². The first kappa shape index (κ1) is 31.7. The van der Waals surface area contributed by atoms with E-state index in [9.17, 15) is 18.0 Å². The average molecular weight is 625 g/mol. The molecule has 40 heavy (non-hydrogen) atoms. The number of nitrogens with one attached hydrogen (secondary N) is 1. The number of sulfonamides is 1. The van der Waals surface area contributed by atoms with Crippen LogP contribution in [0.25, 0.3) is 0 Å². The number of rotatable bonds is 11. The fourth-order valence-electron chi connectivity index (χ4n) is 4.00. The van der Waals surface area contributed by atoms with E-state index in [1.54, 1.807) is 68.4 Å². The molecule has 0 heterocycles. The maximum atomic E-state index is 14.0. The van der Waals surface area contributed by atoms with Crippen molar-refractivity contribution in [3.8, 4) is 0 Å². The summed E-state index contributed by atoms with van der Waals surface area (Å²) in [6.07, 6.45) is 0. The summed E-state index contributed by atoms with van der Waals surface area (Å²) in [5, 5.41) is 3.94. The molecule has 0 saturated carbocycles. The van der Waals surface area contributed by atoms with E-state index in [1.165, 1.54) is 17.0 Å². The Bertz CT molecular complexity index is 1470. The van der Waals surface area contributed by atoms with Crippen LogP contribution in [0.2, 0.25) is 15.1 Å². The molecule has 0 fully saturated rings. The van der Waals surface area contributed by atoms with Crippen molar-refractivity contribution in [2.75, 3.05) is 17.4 Å². The van der Waals surface area contributed by atoms with Crippen LogP contribution in [0.3, 0.4) is 0 Å². The van der Waals surface area contributed by atoms with E-state index < -0.39 is 28.5 Å². The van der Waals surface area contributed by atoms with E-state index in [0.29, 0.717) is 38.4 Å². The molecule has 3 aromatic carbocycles. The van der Waals surface area contributed by atoms with Crippen LogP contribution in [0.1, 0.15) is 31.9 Å². The monoisotopic (exact) mass is 623 g/mol. The molecule has 0 aliphatic rings. The van der Waals surface area contributed by atoms with Crippen LogP contribution >= 0.6 is 34.8 Å². The van der Waals surface area contributed by atoms with Gasteiger partial charge in [0, 0.05) is 18.1 Å². The Labute approximate surface area is 251 Å². The minimum atomic E-state index is -4.17. The third-order valence-corrected chi connectivity index (χ3v) is 8.97. The lowest BCUT2D eigenvalue weighted by atomic mass is 10.1. The molecule has 0 aliphatic heterocycles. The molecule has 1 atom stereocenters. The number of hydrogen-bond donors (Lipinski definition) is 1. The van der Waals surface area contributed by atoms with Crippen LogP contribution in [0.4, 0.5) is 5.69 Å². The van der Waals surface area contributed by atoms with Gasteiger partial charge in [-0.15, -0.1) is 0 Å². The molecule has 214 valence electrons. The van der Waals surface area contributed by atoms with Crippen molar-refractivity contribution in [3.63, 3.8) is 0 Å². The molecule has 7 nitrogen and oxygen atoms in total. The molecule has 0 aromatic heterocycles. The second kappa shape index (κ2) is 13.7. The largest absolute Gasteiger partial charge is 0.354 e. The Morgan fingerprint density at radius 2 is 1.57 bits per heavy atom. The van der Waals surface area contributed by atoms with Gasteiger partial charge in [-0.2, -0.15) is 0 Å². The molecule has 11 heteroatoms. The maximum Gasteiger partial charge on any atom is 0.264 e. The maximum absolute atomic E-state index is 14.0. The third-order valence-electron chi connectivity index (χ3n) is 6.23. The van der Waals surface area contributed by atoms with Crippen molar-refractivity contribution < 1.29 is 18.0 Å². The van der Waals surface area contributed by atoms with Gasteiger partial charge in [0.1, 0.15) is 12.6 Å². The zero-order valence-electron chi connectivity index (χ0n) is 22.7. The van der Waals surface area contributed by atoms with Gasteiger partial charge in [-0.1, -0.05) is 72.9 Å². The van der Waals surface area contributed by atoms with Crippen molar-refractivity contribution >= 4 is 62.3 Å². The highest BCUT2D eigenvalue weighted by atomic mass is 35.5. The minimum Gasteiger partial charge on any atom is -0.354 e. The predicted molar refractivity (Wildman–Crippen MR) is 161 cm³/mol. The fourth-order valence-corrected chi connectivity index (χ4v) is 6.05. The molecule has 0 spiro atoms. The van der Waals surface area contributed by atoms with Crippen molar-refractivity contribution in [2.45, 2.75) is 45.2 Å². The number of benzene rings is 3. The van der Waals surface area contributed by atoms with Crippen molar-refractivity contribution in [1.29, 1.82) is 0 Å². The number of amides is 2. The first-order valence-corrected chi connectivity index (χ1v) is 15.2. The quantitative estimate of drug-likeness (QED) is 0.270. The summed E-state index contributed by atoms with van der Waals surface area (Å²) in [5.41, 5.74) is 1.50. The number of halogens is 3. The van der Waals surface area contributed by atoms with Gasteiger partial charge in [0.15, 0.2) is 0 Å². The Morgan fingerprint density at radius 1 is 0.900 bits per heavy atom. The lowest BCUT2D eigenvalue weighted by Crippen LogP contribution is -2.51. The average Bonchev–Trinajstić information content (AvgIpc) is 2.91. The number of carbonyl (C=O) groups is 2. The Morgan fingerprint density at radius 3 is 2.17 bits per heavy atom. The molecule has 2 amide bonds.